The average Bonchev–Trinajstić information content (AvgIpc) is 1.38. The Balaban J connectivity index is 3.20. The Morgan fingerprint density at radius 3 is 2.20 bits per heavy atom. The predicted molar refractivity (Wildman–Crippen MR) is 21.7 cm³/mol. The molecular formula is CH4N2OP+. The minimum Gasteiger partial charge on any atom is -0.347 e. The largest absolute Gasteiger partial charge is 0.376 e. The first kappa shape index (κ1) is 4.57. The molecule has 0 aromatic heterocycles. The minimum absolute atomic E-state index is 0.657. The molecule has 3 nitrogen and oxygen atoms in total. The van der Waals surface area contributed by atoms with Crippen molar-refractivity contribution in [2.45, 2.75) is 0 Å². The maximum absolute atomic E-state index is 9.40. The third kappa shape index (κ3) is 3.57. The van der Waals surface area contributed by atoms with E-state index >= 15 is 0 Å². The molecule has 0 spiro atoms. The summed E-state index contributed by atoms with van der Waals surface area (Å²) in [5, 5.41) is 0. The number of primary amides is 1. The highest BCUT2D eigenvalue weighted by molar-refractivity contribution is 7.04. The smallest absolute Gasteiger partial charge is 0.347 e. The van der Waals surface area contributed by atoms with Gasteiger partial charge in [0.1, 0.15) is 0 Å². The Kier molecular flexibility index (Phi) is 1.69. The molecule has 0 aliphatic rings. The van der Waals surface area contributed by atoms with Crippen LogP contribution in [0.2, 0.25) is 0 Å². The quantitative estimate of drug-likeness (QED) is 0.423. The van der Waals surface area contributed by atoms with Crippen LogP contribution in [0.25, 0.3) is 0 Å². The van der Waals surface area contributed by atoms with E-state index < -0.39 is 6.03 Å². The van der Waals surface area contributed by atoms with Crippen molar-refractivity contribution in [2.75, 3.05) is 0 Å². The summed E-state index contributed by atoms with van der Waals surface area (Å²) in [5.41, 5.74) is 4.47. The lowest BCUT2D eigenvalue weighted by Crippen LogP contribution is -2.00. The Bertz CT molecular complexity index is 60.7. The standard InChI is InChI=1S/CH3N2OP/c2-1(4)3-5/h5H,(H2,2,4)/p+1. The van der Waals surface area contributed by atoms with E-state index in [1.165, 1.54) is 0 Å². The van der Waals surface area contributed by atoms with Crippen LogP contribution in [-0.4, -0.2) is 6.03 Å². The molecule has 0 radical (unpaired) electrons. The van der Waals surface area contributed by atoms with Gasteiger partial charge >= 0.3 is 6.03 Å². The molecule has 1 atom stereocenters. The van der Waals surface area contributed by atoms with Crippen LogP contribution in [-0.2, 0) is 0 Å². The topological polar surface area (TPSA) is 55.5 Å². The molecule has 0 aliphatic carbocycles. The lowest BCUT2D eigenvalue weighted by molar-refractivity contribution is 0.257. The minimum atomic E-state index is -0.657. The van der Waals surface area contributed by atoms with E-state index in [9.17, 15) is 4.79 Å². The zero-order chi connectivity index (χ0) is 4.28. The van der Waals surface area contributed by atoms with Crippen LogP contribution in [0.4, 0.5) is 4.79 Å². The molecular weight excluding hydrogens is 87.0 g/mol. The number of hydrogen-bond donors (Lipinski definition) is 1. The third-order valence-electron chi connectivity index (χ3n) is 0.127. The molecule has 0 aromatic rings. The van der Waals surface area contributed by atoms with Crippen molar-refractivity contribution in [3.8, 4) is 0 Å². The summed E-state index contributed by atoms with van der Waals surface area (Å²) in [5.74, 6) is 0. The number of nitrogens with two attached hydrogens (primary N) is 1. The second-order valence-corrected chi connectivity index (χ2v) is 0.726. The Morgan fingerprint density at radius 2 is 2.20 bits per heavy atom. The molecule has 2 N–H and O–H groups in total. The molecule has 0 heterocycles. The van der Waals surface area contributed by atoms with Crippen molar-refractivity contribution < 1.29 is 4.79 Å². The highest BCUT2D eigenvalue weighted by Gasteiger charge is 1.77. The molecule has 1 unspecified atom stereocenters. The SMILES string of the molecule is NC(=O)N=[PH2+]. The Hall–Kier alpha value is -0.430. The van der Waals surface area contributed by atoms with Gasteiger partial charge in [-0.25, -0.2) is 4.79 Å². The average molecular weight is 91.0 g/mol. The van der Waals surface area contributed by atoms with Crippen molar-refractivity contribution in [3.05, 3.63) is 0 Å². The summed E-state index contributed by atoms with van der Waals surface area (Å²) in [6.45, 7) is 0. The number of amides is 2. The second kappa shape index (κ2) is 1.85. The fourth-order valence-electron chi connectivity index (χ4n) is 0. The maximum Gasteiger partial charge on any atom is 0.376 e. The summed E-state index contributed by atoms with van der Waals surface area (Å²) in [6, 6.07) is -0.657. The molecule has 0 fully saturated rings. The number of urea groups is 1. The molecule has 0 saturated carbocycles. The fraction of sp³-hybridized carbons (Fsp3) is 0. The van der Waals surface area contributed by atoms with E-state index in [2.05, 4.69) is 10.5 Å². The monoisotopic (exact) mass is 91.0 g/mol. The molecule has 2 amide bonds. The van der Waals surface area contributed by atoms with Gasteiger partial charge in [0.2, 0.25) is 0 Å². The zero-order valence-corrected chi connectivity index (χ0v) is 3.66. The number of nitrogens with zero attached hydrogens (tertiary/aromatic N) is 1. The van der Waals surface area contributed by atoms with E-state index in [4.69, 9.17) is 0 Å². The van der Waals surface area contributed by atoms with Crippen LogP contribution < -0.4 is 5.73 Å². The van der Waals surface area contributed by atoms with Crippen molar-refractivity contribution >= 4 is 15.1 Å². The molecule has 0 aliphatic heterocycles. The van der Waals surface area contributed by atoms with Crippen molar-refractivity contribution in [1.29, 1.82) is 0 Å². The first-order valence-corrected chi connectivity index (χ1v) is 1.49. The van der Waals surface area contributed by atoms with Crippen LogP contribution in [0.1, 0.15) is 0 Å². The van der Waals surface area contributed by atoms with E-state index in [-0.39, 0.29) is 0 Å². The molecule has 0 rings (SSSR count). The van der Waals surface area contributed by atoms with Gasteiger partial charge in [-0.2, -0.15) is 0 Å². The van der Waals surface area contributed by atoms with Crippen molar-refractivity contribution in [3.63, 3.8) is 0 Å². The van der Waals surface area contributed by atoms with Crippen LogP contribution in [0, 0.1) is 0 Å². The summed E-state index contributed by atoms with van der Waals surface area (Å²) in [7, 11) is 1.84. The van der Waals surface area contributed by atoms with E-state index in [1.54, 1.807) is 0 Å². The van der Waals surface area contributed by atoms with Gasteiger partial charge in [-0.05, 0) is 4.74 Å². The van der Waals surface area contributed by atoms with Gasteiger partial charge in [0.15, 0.2) is 9.03 Å². The predicted octanol–water partition coefficient (Wildman–Crippen LogP) is 0.124. The first-order valence-electron chi connectivity index (χ1n) is 0.975. The molecule has 4 heteroatoms. The lowest BCUT2D eigenvalue weighted by Gasteiger charge is -1.58. The maximum atomic E-state index is 9.40. The lowest BCUT2D eigenvalue weighted by atomic mass is 11.2. The number of carbonyl (C=O) groups excluding carboxylic acids is 1. The van der Waals surface area contributed by atoms with E-state index in [0.717, 1.165) is 0 Å². The summed E-state index contributed by atoms with van der Waals surface area (Å²) < 4.78 is 2.94. The van der Waals surface area contributed by atoms with Crippen LogP contribution >= 0.6 is 9.03 Å². The number of hydrogen-bond acceptors (Lipinski definition) is 1. The molecule has 0 aromatic carbocycles. The van der Waals surface area contributed by atoms with E-state index in [0.29, 0.717) is 0 Å². The summed E-state index contributed by atoms with van der Waals surface area (Å²) in [6.07, 6.45) is 0. The van der Waals surface area contributed by atoms with Gasteiger partial charge in [0, 0.05) is 0 Å². The van der Waals surface area contributed by atoms with Gasteiger partial charge < -0.3 is 5.73 Å². The number of rotatable bonds is 0. The molecule has 0 bridgehead atoms. The second-order valence-electron chi connectivity index (χ2n) is 0.467. The Labute approximate surface area is 31.5 Å². The summed E-state index contributed by atoms with van der Waals surface area (Å²) in [4.78, 5) is 9.40. The highest BCUT2D eigenvalue weighted by atomic mass is 31.0. The van der Waals surface area contributed by atoms with Crippen molar-refractivity contribution in [2.24, 2.45) is 10.5 Å². The molecule has 28 valence electrons. The molecule has 0 saturated heterocycles. The van der Waals surface area contributed by atoms with Gasteiger partial charge in [-0.3, -0.25) is 0 Å². The van der Waals surface area contributed by atoms with Gasteiger partial charge in [0.05, 0.1) is 0 Å². The van der Waals surface area contributed by atoms with Crippen LogP contribution in [0.3, 0.4) is 0 Å². The van der Waals surface area contributed by atoms with Gasteiger partial charge in [-0.1, -0.05) is 0 Å². The highest BCUT2D eigenvalue weighted by Crippen LogP contribution is 1.67. The normalized spacial score (nSPS) is 6.40. The summed E-state index contributed by atoms with van der Waals surface area (Å²) >= 11 is 0. The van der Waals surface area contributed by atoms with Gasteiger partial charge in [-0.15, -0.1) is 0 Å². The number of carbonyl (C=O) groups is 1. The first-order chi connectivity index (χ1) is 2.27. The van der Waals surface area contributed by atoms with Crippen LogP contribution in [0.5, 0.6) is 0 Å². The fourth-order valence-corrected chi connectivity index (χ4v) is 0. The van der Waals surface area contributed by atoms with E-state index in [1.807, 2.05) is 9.03 Å². The van der Waals surface area contributed by atoms with Gasteiger partial charge in [0.25, 0.3) is 0 Å². The molecule has 5 heavy (non-hydrogen) atoms. The van der Waals surface area contributed by atoms with Crippen LogP contribution in [0.15, 0.2) is 4.74 Å². The van der Waals surface area contributed by atoms with Crippen molar-refractivity contribution in [1.82, 2.24) is 0 Å². The third-order valence-corrected chi connectivity index (χ3v) is 0.382. The Morgan fingerprint density at radius 1 is 2.00 bits per heavy atom. The zero-order valence-electron chi connectivity index (χ0n) is 2.51.